The number of hydrogen-bond donors (Lipinski definition) is 2. The number of thioether (sulfide) groups is 1. The maximum atomic E-state index is 12.7. The molecule has 1 unspecified atom stereocenters. The highest BCUT2D eigenvalue weighted by molar-refractivity contribution is 7.99. The summed E-state index contributed by atoms with van der Waals surface area (Å²) >= 11 is 1.35. The number of H-pyrrole nitrogens is 1. The van der Waals surface area contributed by atoms with E-state index in [9.17, 15) is 4.79 Å². The van der Waals surface area contributed by atoms with Gasteiger partial charge in [-0.3, -0.25) is 9.36 Å². The molecule has 35 heavy (non-hydrogen) atoms. The first-order valence-electron chi connectivity index (χ1n) is 11.4. The molecule has 0 saturated carbocycles. The van der Waals surface area contributed by atoms with Crippen LogP contribution in [0.2, 0.25) is 0 Å². The number of aromatic nitrogens is 4. The topological polar surface area (TPSA) is 103 Å². The van der Waals surface area contributed by atoms with Gasteiger partial charge >= 0.3 is 0 Å². The number of para-hydroxylation sites is 1. The molecular weight excluding hydrogens is 466 g/mol. The summed E-state index contributed by atoms with van der Waals surface area (Å²) < 4.78 is 18.5. The van der Waals surface area contributed by atoms with Crippen molar-refractivity contribution in [3.63, 3.8) is 0 Å². The number of ether oxygens (including phenoxy) is 3. The number of rotatable bonds is 9. The van der Waals surface area contributed by atoms with E-state index in [1.807, 2.05) is 24.4 Å². The Hall–Kier alpha value is -3.50. The standard InChI is InChI=1S/C25H27N5O4S/c1-32-21-10-9-16(12-22(21)33-2)27-23(31)15-35-25-29-28-24(30(25)14-17-6-5-11-34-17)19-13-26-20-8-4-3-7-18(19)20/h3-4,7-10,12-13,17,26H,5-6,11,14-15H2,1-2H3,(H,27,31). The monoisotopic (exact) mass is 493 g/mol. The lowest BCUT2D eigenvalue weighted by atomic mass is 10.1. The Morgan fingerprint density at radius 2 is 2.06 bits per heavy atom. The molecule has 1 aliphatic heterocycles. The minimum atomic E-state index is -0.150. The minimum Gasteiger partial charge on any atom is -0.493 e. The zero-order chi connectivity index (χ0) is 24.2. The first kappa shape index (κ1) is 23.3. The van der Waals surface area contributed by atoms with Gasteiger partial charge < -0.3 is 24.5 Å². The van der Waals surface area contributed by atoms with Gasteiger partial charge in [0, 0.05) is 41.0 Å². The van der Waals surface area contributed by atoms with Gasteiger partial charge in [0.05, 0.1) is 32.6 Å². The summed E-state index contributed by atoms with van der Waals surface area (Å²) in [4.78, 5) is 16.0. The van der Waals surface area contributed by atoms with Gasteiger partial charge in [-0.05, 0) is 31.0 Å². The Balaban J connectivity index is 1.35. The molecule has 3 heterocycles. The summed E-state index contributed by atoms with van der Waals surface area (Å²) in [6.07, 6.45) is 4.11. The van der Waals surface area contributed by atoms with Gasteiger partial charge in [0.25, 0.3) is 0 Å². The predicted octanol–water partition coefficient (Wildman–Crippen LogP) is 4.35. The second-order valence-electron chi connectivity index (χ2n) is 8.21. The molecule has 0 spiro atoms. The maximum Gasteiger partial charge on any atom is 0.234 e. The second kappa shape index (κ2) is 10.4. The Morgan fingerprint density at radius 3 is 2.86 bits per heavy atom. The van der Waals surface area contributed by atoms with E-state index in [1.165, 1.54) is 11.8 Å². The summed E-state index contributed by atoms with van der Waals surface area (Å²) in [7, 11) is 3.13. The van der Waals surface area contributed by atoms with Crippen LogP contribution in [0.1, 0.15) is 12.8 Å². The predicted molar refractivity (Wildman–Crippen MR) is 135 cm³/mol. The zero-order valence-corrected chi connectivity index (χ0v) is 20.4. The van der Waals surface area contributed by atoms with Crippen LogP contribution >= 0.6 is 11.8 Å². The lowest BCUT2D eigenvalue weighted by Gasteiger charge is -2.14. The minimum absolute atomic E-state index is 0.106. The molecule has 2 N–H and O–H groups in total. The largest absolute Gasteiger partial charge is 0.493 e. The molecule has 10 heteroatoms. The fraction of sp³-hybridized carbons (Fsp3) is 0.320. The number of benzene rings is 2. The summed E-state index contributed by atoms with van der Waals surface area (Å²) in [5.41, 5.74) is 2.65. The van der Waals surface area contributed by atoms with Gasteiger partial charge in [-0.2, -0.15) is 0 Å². The van der Waals surface area contributed by atoms with E-state index in [-0.39, 0.29) is 17.8 Å². The lowest BCUT2D eigenvalue weighted by Crippen LogP contribution is -2.18. The molecule has 182 valence electrons. The van der Waals surface area contributed by atoms with E-state index in [1.54, 1.807) is 32.4 Å². The number of nitrogens with zero attached hydrogens (tertiary/aromatic N) is 3. The molecule has 4 aromatic rings. The van der Waals surface area contributed by atoms with Crippen molar-refractivity contribution in [2.24, 2.45) is 0 Å². The highest BCUT2D eigenvalue weighted by atomic mass is 32.2. The average Bonchev–Trinajstić information content (AvgIpc) is 3.63. The van der Waals surface area contributed by atoms with Crippen molar-refractivity contribution < 1.29 is 19.0 Å². The molecule has 9 nitrogen and oxygen atoms in total. The molecule has 0 bridgehead atoms. The van der Waals surface area contributed by atoms with Gasteiger partial charge in [-0.1, -0.05) is 30.0 Å². The van der Waals surface area contributed by atoms with E-state index < -0.39 is 0 Å². The number of hydrogen-bond acceptors (Lipinski definition) is 7. The Bertz CT molecular complexity index is 1330. The average molecular weight is 494 g/mol. The third kappa shape index (κ3) is 4.98. The fourth-order valence-electron chi connectivity index (χ4n) is 4.25. The summed E-state index contributed by atoms with van der Waals surface area (Å²) in [6, 6.07) is 13.4. The number of anilines is 1. The van der Waals surface area contributed by atoms with Gasteiger partial charge in [-0.25, -0.2) is 0 Å². The molecule has 1 aliphatic rings. The van der Waals surface area contributed by atoms with Crippen LogP contribution < -0.4 is 14.8 Å². The first-order chi connectivity index (χ1) is 17.2. The van der Waals surface area contributed by atoms with E-state index >= 15 is 0 Å². The number of carbonyl (C=O) groups excluding carboxylic acids is 1. The van der Waals surface area contributed by atoms with Crippen molar-refractivity contribution in [2.75, 3.05) is 31.9 Å². The Morgan fingerprint density at radius 1 is 1.20 bits per heavy atom. The van der Waals surface area contributed by atoms with Crippen molar-refractivity contribution in [3.05, 3.63) is 48.7 Å². The molecule has 0 radical (unpaired) electrons. The summed E-state index contributed by atoms with van der Waals surface area (Å²) in [5, 5.41) is 13.6. The number of methoxy groups -OCH3 is 2. The molecule has 1 fully saturated rings. The first-order valence-corrected chi connectivity index (χ1v) is 12.4. The molecule has 2 aromatic heterocycles. The highest BCUT2D eigenvalue weighted by Gasteiger charge is 2.23. The summed E-state index contributed by atoms with van der Waals surface area (Å²) in [6.45, 7) is 1.41. The van der Waals surface area contributed by atoms with E-state index in [2.05, 4.69) is 31.1 Å². The summed E-state index contributed by atoms with van der Waals surface area (Å²) in [5.74, 6) is 1.96. The van der Waals surface area contributed by atoms with Crippen LogP contribution in [-0.4, -0.2) is 58.3 Å². The van der Waals surface area contributed by atoms with Crippen molar-refractivity contribution in [1.29, 1.82) is 0 Å². The van der Waals surface area contributed by atoms with Crippen LogP contribution in [0.5, 0.6) is 11.5 Å². The second-order valence-corrected chi connectivity index (χ2v) is 9.15. The smallest absolute Gasteiger partial charge is 0.234 e. The SMILES string of the molecule is COc1ccc(NC(=O)CSc2nnc(-c3c[nH]c4ccccc34)n2CC2CCCO2)cc1OC. The van der Waals surface area contributed by atoms with Crippen LogP contribution in [0.4, 0.5) is 5.69 Å². The quantitative estimate of drug-likeness (QED) is 0.334. The van der Waals surface area contributed by atoms with Gasteiger partial charge in [0.15, 0.2) is 22.5 Å². The van der Waals surface area contributed by atoms with E-state index in [0.29, 0.717) is 28.9 Å². The van der Waals surface area contributed by atoms with Crippen LogP contribution in [0.3, 0.4) is 0 Å². The third-order valence-electron chi connectivity index (χ3n) is 5.96. The molecule has 1 amide bonds. The number of aromatic amines is 1. The molecule has 1 atom stereocenters. The van der Waals surface area contributed by atoms with Crippen molar-refractivity contribution in [1.82, 2.24) is 19.7 Å². The van der Waals surface area contributed by atoms with Gasteiger partial charge in [0.1, 0.15) is 0 Å². The van der Waals surface area contributed by atoms with Crippen LogP contribution in [0, 0.1) is 0 Å². The Labute approximate surface area is 207 Å². The van der Waals surface area contributed by atoms with Crippen molar-refractivity contribution >= 4 is 34.3 Å². The molecule has 0 aliphatic carbocycles. The molecular formula is C25H27N5O4S. The maximum absolute atomic E-state index is 12.7. The van der Waals surface area contributed by atoms with Crippen molar-refractivity contribution in [3.8, 4) is 22.9 Å². The van der Waals surface area contributed by atoms with Crippen LogP contribution in [-0.2, 0) is 16.1 Å². The number of nitrogens with one attached hydrogen (secondary N) is 2. The normalized spacial score (nSPS) is 15.4. The fourth-order valence-corrected chi connectivity index (χ4v) is 5.00. The van der Waals surface area contributed by atoms with E-state index in [0.717, 1.165) is 41.7 Å². The molecule has 1 saturated heterocycles. The Kier molecular flexibility index (Phi) is 6.91. The third-order valence-corrected chi connectivity index (χ3v) is 6.92. The van der Waals surface area contributed by atoms with Crippen LogP contribution in [0.15, 0.2) is 53.8 Å². The number of carbonyl (C=O) groups is 1. The number of amides is 1. The highest BCUT2D eigenvalue weighted by Crippen LogP contribution is 2.32. The lowest BCUT2D eigenvalue weighted by molar-refractivity contribution is -0.113. The van der Waals surface area contributed by atoms with Crippen LogP contribution in [0.25, 0.3) is 22.3 Å². The van der Waals surface area contributed by atoms with Gasteiger partial charge in [-0.15, -0.1) is 10.2 Å². The number of fused-ring (bicyclic) bond motifs is 1. The molecule has 5 rings (SSSR count). The zero-order valence-electron chi connectivity index (χ0n) is 19.6. The van der Waals surface area contributed by atoms with Gasteiger partial charge in [0.2, 0.25) is 5.91 Å². The van der Waals surface area contributed by atoms with E-state index in [4.69, 9.17) is 14.2 Å². The molecule has 2 aromatic carbocycles. The van der Waals surface area contributed by atoms with Crippen molar-refractivity contribution in [2.45, 2.75) is 30.6 Å².